The van der Waals surface area contributed by atoms with Crippen LogP contribution in [0, 0.1) is 0 Å². The van der Waals surface area contributed by atoms with E-state index in [2.05, 4.69) is 49.5 Å². The Bertz CT molecular complexity index is 1070. The molecular formula is C57H105NO5. The summed E-state index contributed by atoms with van der Waals surface area (Å²) in [6.45, 7) is 4.81. The number of rotatable bonds is 50. The van der Waals surface area contributed by atoms with Crippen LogP contribution in [-0.4, -0.2) is 47.4 Å². The van der Waals surface area contributed by atoms with E-state index in [1.807, 2.05) is 12.2 Å². The summed E-state index contributed by atoms with van der Waals surface area (Å²) in [6, 6.07) is -0.673. The number of carbonyl (C=O) groups is 2. The fraction of sp³-hybridized carbons (Fsp3) is 0.825. The van der Waals surface area contributed by atoms with Crippen LogP contribution in [0.5, 0.6) is 0 Å². The van der Waals surface area contributed by atoms with Crippen LogP contribution in [0.4, 0.5) is 0 Å². The molecule has 0 radical (unpaired) electrons. The van der Waals surface area contributed by atoms with E-state index in [-0.39, 0.29) is 18.5 Å². The van der Waals surface area contributed by atoms with Crippen molar-refractivity contribution in [1.29, 1.82) is 0 Å². The number of aliphatic hydroxyl groups excluding tert-OH is 2. The van der Waals surface area contributed by atoms with Crippen LogP contribution in [0.1, 0.15) is 277 Å². The first-order valence-corrected chi connectivity index (χ1v) is 27.4. The Morgan fingerprint density at radius 3 is 1.29 bits per heavy atom. The maximum atomic E-state index is 12.4. The van der Waals surface area contributed by atoms with Gasteiger partial charge in [0.15, 0.2) is 0 Å². The van der Waals surface area contributed by atoms with Crippen molar-refractivity contribution in [2.24, 2.45) is 0 Å². The van der Waals surface area contributed by atoms with Crippen molar-refractivity contribution in [2.45, 2.75) is 289 Å². The number of nitrogens with one attached hydrogen (secondary N) is 1. The van der Waals surface area contributed by atoms with E-state index in [0.717, 1.165) is 51.4 Å². The molecule has 0 fully saturated rings. The lowest BCUT2D eigenvalue weighted by Crippen LogP contribution is -2.45. The van der Waals surface area contributed by atoms with Gasteiger partial charge in [0, 0.05) is 12.8 Å². The zero-order valence-corrected chi connectivity index (χ0v) is 41.8. The Labute approximate surface area is 391 Å². The maximum Gasteiger partial charge on any atom is 0.305 e. The summed E-state index contributed by atoms with van der Waals surface area (Å²) in [5.74, 6) is -0.177. The van der Waals surface area contributed by atoms with Crippen molar-refractivity contribution in [3.05, 3.63) is 48.6 Å². The third-order valence-electron chi connectivity index (χ3n) is 12.3. The summed E-state index contributed by atoms with van der Waals surface area (Å²) in [5, 5.41) is 23.1. The van der Waals surface area contributed by atoms with Gasteiger partial charge in [-0.3, -0.25) is 9.59 Å². The second-order valence-corrected chi connectivity index (χ2v) is 18.5. The van der Waals surface area contributed by atoms with Crippen LogP contribution < -0.4 is 5.32 Å². The average molecular weight is 884 g/mol. The second kappa shape index (κ2) is 52.4. The summed E-state index contributed by atoms with van der Waals surface area (Å²) in [5.41, 5.74) is 0. The highest BCUT2D eigenvalue weighted by Crippen LogP contribution is 2.16. The van der Waals surface area contributed by atoms with E-state index in [1.54, 1.807) is 6.08 Å². The number of hydrogen-bond donors (Lipinski definition) is 3. The van der Waals surface area contributed by atoms with Gasteiger partial charge in [-0.15, -0.1) is 0 Å². The summed E-state index contributed by atoms with van der Waals surface area (Å²) in [6.07, 6.45) is 65.6. The molecule has 0 aliphatic rings. The number of carbonyl (C=O) groups excluding carboxylic acids is 2. The summed E-state index contributed by atoms with van der Waals surface area (Å²) in [7, 11) is 0. The molecule has 2 unspecified atom stereocenters. The molecule has 0 aliphatic heterocycles. The molecule has 0 aliphatic carbocycles. The molecule has 3 N–H and O–H groups in total. The predicted octanol–water partition coefficient (Wildman–Crippen LogP) is 16.6. The molecule has 0 saturated carbocycles. The molecule has 368 valence electrons. The van der Waals surface area contributed by atoms with Crippen LogP contribution >= 0.6 is 0 Å². The van der Waals surface area contributed by atoms with Gasteiger partial charge in [-0.05, 0) is 77.0 Å². The van der Waals surface area contributed by atoms with Gasteiger partial charge in [0.25, 0.3) is 0 Å². The third-order valence-corrected chi connectivity index (χ3v) is 12.3. The standard InChI is InChI=1S/C57H105NO5/c1-3-5-7-9-11-13-15-17-18-19-20-21-22-23-24-26-29-33-37-41-45-49-55(60)54(53-59)58-56(61)50-46-42-38-34-30-27-25-28-32-36-40-44-48-52-63-57(62)51-47-43-39-35-31-16-14-12-10-8-6-4-2/h12,14,27,30,38,42,45,49,54-55,59-60H,3-11,13,15-26,28-29,31-37,39-41,43-44,46-48,50-53H2,1-2H3,(H,58,61)/b14-12-,30-27-,42-38-,49-45+. The van der Waals surface area contributed by atoms with Crippen molar-refractivity contribution >= 4 is 11.9 Å². The number of ether oxygens (including phenoxy) is 1. The van der Waals surface area contributed by atoms with Crippen LogP contribution in [0.3, 0.4) is 0 Å². The number of esters is 1. The van der Waals surface area contributed by atoms with Crippen molar-refractivity contribution in [2.75, 3.05) is 13.2 Å². The molecule has 63 heavy (non-hydrogen) atoms. The molecule has 0 aromatic heterocycles. The Morgan fingerprint density at radius 1 is 0.444 bits per heavy atom. The molecule has 0 aromatic rings. The molecule has 0 heterocycles. The van der Waals surface area contributed by atoms with Crippen LogP contribution in [0.15, 0.2) is 48.6 Å². The van der Waals surface area contributed by atoms with Crippen LogP contribution in [-0.2, 0) is 14.3 Å². The molecule has 1 amide bonds. The van der Waals surface area contributed by atoms with Gasteiger partial charge >= 0.3 is 5.97 Å². The topological polar surface area (TPSA) is 95.9 Å². The SMILES string of the molecule is CCCCC/C=C\CCCCCCCC(=O)OCCCCCCCC/C=C\C/C=C\CCC(=O)NC(CO)C(O)/C=C/CCCCCCCCCCCCCCCCCCCCC. The third kappa shape index (κ3) is 49.1. The Morgan fingerprint density at radius 2 is 0.810 bits per heavy atom. The summed E-state index contributed by atoms with van der Waals surface area (Å²) >= 11 is 0. The highest BCUT2D eigenvalue weighted by molar-refractivity contribution is 5.76. The van der Waals surface area contributed by atoms with Gasteiger partial charge in [0.05, 0.1) is 25.4 Å². The van der Waals surface area contributed by atoms with Gasteiger partial charge in [0.2, 0.25) is 5.91 Å². The van der Waals surface area contributed by atoms with Gasteiger partial charge in [-0.1, -0.05) is 236 Å². The van der Waals surface area contributed by atoms with Gasteiger partial charge in [0.1, 0.15) is 0 Å². The van der Waals surface area contributed by atoms with Crippen molar-refractivity contribution in [3.63, 3.8) is 0 Å². The molecule has 6 heteroatoms. The molecular weight excluding hydrogens is 779 g/mol. The largest absolute Gasteiger partial charge is 0.466 e. The summed E-state index contributed by atoms with van der Waals surface area (Å²) in [4.78, 5) is 24.4. The van der Waals surface area contributed by atoms with E-state index < -0.39 is 12.1 Å². The number of amides is 1. The molecule has 6 nitrogen and oxygen atoms in total. The first-order valence-electron chi connectivity index (χ1n) is 27.4. The minimum absolute atomic E-state index is 0.0290. The first-order chi connectivity index (χ1) is 31.0. The highest BCUT2D eigenvalue weighted by atomic mass is 16.5. The zero-order chi connectivity index (χ0) is 45.8. The lowest BCUT2D eigenvalue weighted by atomic mass is 10.0. The second-order valence-electron chi connectivity index (χ2n) is 18.5. The molecule has 0 saturated heterocycles. The number of unbranched alkanes of at least 4 members (excludes halogenated alkanes) is 33. The monoisotopic (exact) mass is 884 g/mol. The number of allylic oxidation sites excluding steroid dienone is 7. The van der Waals surface area contributed by atoms with Gasteiger partial charge in [-0.2, -0.15) is 0 Å². The molecule has 0 spiro atoms. The fourth-order valence-corrected chi connectivity index (χ4v) is 8.09. The quantitative estimate of drug-likeness (QED) is 0.0321. The normalized spacial score (nSPS) is 13.0. The van der Waals surface area contributed by atoms with Crippen LogP contribution in [0.25, 0.3) is 0 Å². The molecule has 0 aromatic carbocycles. The van der Waals surface area contributed by atoms with Crippen molar-refractivity contribution < 1.29 is 24.5 Å². The zero-order valence-electron chi connectivity index (χ0n) is 41.8. The number of aliphatic hydroxyl groups is 2. The maximum absolute atomic E-state index is 12.4. The lowest BCUT2D eigenvalue weighted by molar-refractivity contribution is -0.143. The van der Waals surface area contributed by atoms with Gasteiger partial charge < -0.3 is 20.3 Å². The Hall–Kier alpha value is -2.18. The predicted molar refractivity (Wildman–Crippen MR) is 273 cm³/mol. The fourth-order valence-electron chi connectivity index (χ4n) is 8.09. The Balaban J connectivity index is 3.60. The summed E-state index contributed by atoms with van der Waals surface area (Å²) < 4.78 is 5.43. The van der Waals surface area contributed by atoms with E-state index in [0.29, 0.717) is 25.9 Å². The average Bonchev–Trinajstić information content (AvgIpc) is 3.28. The molecule has 0 rings (SSSR count). The first kappa shape index (κ1) is 60.8. The molecule has 0 bridgehead atoms. The van der Waals surface area contributed by atoms with E-state index in [1.165, 1.54) is 193 Å². The van der Waals surface area contributed by atoms with E-state index in [9.17, 15) is 19.8 Å². The minimum Gasteiger partial charge on any atom is -0.466 e. The minimum atomic E-state index is -0.881. The number of hydrogen-bond acceptors (Lipinski definition) is 5. The highest BCUT2D eigenvalue weighted by Gasteiger charge is 2.17. The molecule has 2 atom stereocenters. The van der Waals surface area contributed by atoms with Crippen molar-refractivity contribution in [1.82, 2.24) is 5.32 Å². The smallest absolute Gasteiger partial charge is 0.305 e. The van der Waals surface area contributed by atoms with Crippen LogP contribution in [0.2, 0.25) is 0 Å². The van der Waals surface area contributed by atoms with Crippen molar-refractivity contribution in [3.8, 4) is 0 Å². The lowest BCUT2D eigenvalue weighted by Gasteiger charge is -2.19. The Kier molecular flexibility index (Phi) is 50.6. The van der Waals surface area contributed by atoms with E-state index >= 15 is 0 Å². The van der Waals surface area contributed by atoms with Gasteiger partial charge in [-0.25, -0.2) is 0 Å². The van der Waals surface area contributed by atoms with E-state index in [4.69, 9.17) is 4.74 Å².